The maximum absolute atomic E-state index is 13.0. The van der Waals surface area contributed by atoms with Crippen LogP contribution in [-0.4, -0.2) is 45.2 Å². The smallest absolute Gasteiger partial charge is 0.357 e. The van der Waals surface area contributed by atoms with Crippen molar-refractivity contribution in [1.82, 2.24) is 25.5 Å². The first-order valence-electron chi connectivity index (χ1n) is 11.6. The van der Waals surface area contributed by atoms with E-state index in [1.165, 1.54) is 22.6 Å². The molecule has 4 rings (SSSR count). The lowest BCUT2D eigenvalue weighted by Crippen LogP contribution is -2.31. The Hall–Kier alpha value is -4.53. The maximum atomic E-state index is 13.0. The van der Waals surface area contributed by atoms with E-state index in [1.807, 2.05) is 30.3 Å². The number of hydrogen-bond donors (Lipinski definition) is 1. The number of amides is 1. The Bertz CT molecular complexity index is 1310. The Labute approximate surface area is 208 Å². The molecule has 9 nitrogen and oxygen atoms in total. The Morgan fingerprint density at radius 1 is 1.06 bits per heavy atom. The topological polar surface area (TPSA) is 112 Å². The molecule has 4 aromatic rings. The molecule has 0 aliphatic heterocycles. The van der Waals surface area contributed by atoms with Gasteiger partial charge in [-0.2, -0.15) is 4.68 Å². The number of carbonyl (C=O) groups is 2. The highest BCUT2D eigenvalue weighted by Crippen LogP contribution is 2.21. The van der Waals surface area contributed by atoms with Crippen molar-refractivity contribution in [2.75, 3.05) is 13.2 Å². The molecule has 184 valence electrons. The summed E-state index contributed by atoms with van der Waals surface area (Å²) in [5.74, 6) is 0.0507. The zero-order valence-electron chi connectivity index (χ0n) is 20.1. The zero-order valence-corrected chi connectivity index (χ0v) is 20.1. The van der Waals surface area contributed by atoms with E-state index in [0.717, 1.165) is 5.56 Å². The van der Waals surface area contributed by atoms with Gasteiger partial charge in [0, 0.05) is 18.2 Å². The number of aromatic nitrogens is 4. The van der Waals surface area contributed by atoms with Crippen molar-refractivity contribution < 1.29 is 18.7 Å². The summed E-state index contributed by atoms with van der Waals surface area (Å²) in [5.41, 5.74) is 3.10. The summed E-state index contributed by atoms with van der Waals surface area (Å²) in [6.45, 7) is 4.28. The molecule has 0 saturated carbocycles. The highest BCUT2D eigenvalue weighted by atomic mass is 16.5. The largest absolute Gasteiger partial charge is 0.465 e. The molecule has 0 spiro atoms. The number of nitrogens with zero attached hydrogens (tertiary/aromatic N) is 4. The number of furan rings is 1. The van der Waals surface area contributed by atoms with Crippen LogP contribution in [0.15, 0.2) is 77.4 Å². The highest BCUT2D eigenvalue weighted by Gasteiger charge is 2.22. The fraction of sp³-hybridized carbons (Fsp3) is 0.222. The average molecular weight is 486 g/mol. The summed E-state index contributed by atoms with van der Waals surface area (Å²) in [6, 6.07) is 20.9. The average Bonchev–Trinajstić information content (AvgIpc) is 3.59. The van der Waals surface area contributed by atoms with Gasteiger partial charge >= 0.3 is 5.97 Å². The van der Waals surface area contributed by atoms with Gasteiger partial charge in [-0.15, -0.1) is 5.10 Å². The molecule has 0 aliphatic carbocycles. The summed E-state index contributed by atoms with van der Waals surface area (Å²) in [7, 11) is 0. The summed E-state index contributed by atoms with van der Waals surface area (Å²) in [6.07, 6.45) is 3.62. The lowest BCUT2D eigenvalue weighted by Gasteiger charge is -2.10. The third-order valence-corrected chi connectivity index (χ3v) is 5.48. The maximum Gasteiger partial charge on any atom is 0.357 e. The molecule has 2 aromatic heterocycles. The molecule has 9 heteroatoms. The molecule has 0 radical (unpaired) electrons. The summed E-state index contributed by atoms with van der Waals surface area (Å²) >= 11 is 0. The van der Waals surface area contributed by atoms with E-state index in [4.69, 9.17) is 9.15 Å². The number of esters is 1. The van der Waals surface area contributed by atoms with Crippen LogP contribution >= 0.6 is 0 Å². The summed E-state index contributed by atoms with van der Waals surface area (Å²) in [4.78, 5) is 25.3. The second-order valence-corrected chi connectivity index (χ2v) is 8.40. The van der Waals surface area contributed by atoms with Crippen molar-refractivity contribution in [3.8, 4) is 11.4 Å². The minimum Gasteiger partial charge on any atom is -0.465 e. The van der Waals surface area contributed by atoms with Gasteiger partial charge in [0.15, 0.2) is 18.1 Å². The molecular weight excluding hydrogens is 458 g/mol. The number of hydrogen-bond acceptors (Lipinski definition) is 7. The SMILES string of the molecule is CC(C)c1ccc(CCNC(=O)COC(=O)/C(=C/c2ccco2)n2nnnc2-c2ccccc2)cc1. The molecule has 0 saturated heterocycles. The molecule has 2 aromatic carbocycles. The molecule has 0 aliphatic rings. The zero-order chi connectivity index (χ0) is 25.3. The van der Waals surface area contributed by atoms with Gasteiger partial charge in [0.1, 0.15) is 5.76 Å². The minimum atomic E-state index is -0.768. The minimum absolute atomic E-state index is 0.00634. The molecule has 1 amide bonds. The summed E-state index contributed by atoms with van der Waals surface area (Å²) < 4.78 is 11.9. The molecule has 0 fully saturated rings. The molecule has 36 heavy (non-hydrogen) atoms. The van der Waals surface area contributed by atoms with E-state index in [-0.39, 0.29) is 5.70 Å². The third-order valence-electron chi connectivity index (χ3n) is 5.48. The first kappa shape index (κ1) is 24.6. The Kier molecular flexibility index (Phi) is 8.02. The van der Waals surface area contributed by atoms with Gasteiger partial charge in [0.05, 0.1) is 6.26 Å². The molecule has 0 unspecified atom stereocenters. The Balaban J connectivity index is 1.39. The number of tetrazole rings is 1. The van der Waals surface area contributed by atoms with Gasteiger partial charge in [0.25, 0.3) is 5.91 Å². The van der Waals surface area contributed by atoms with Crippen LogP contribution in [0, 0.1) is 0 Å². The van der Waals surface area contributed by atoms with Crippen molar-refractivity contribution in [3.63, 3.8) is 0 Å². The van der Waals surface area contributed by atoms with Crippen LogP contribution in [0.2, 0.25) is 0 Å². The molecule has 2 heterocycles. The Morgan fingerprint density at radius 3 is 2.53 bits per heavy atom. The number of rotatable bonds is 10. The quantitative estimate of drug-likeness (QED) is 0.267. The lowest BCUT2D eigenvalue weighted by atomic mass is 10.0. The van der Waals surface area contributed by atoms with Crippen LogP contribution in [0.1, 0.15) is 36.7 Å². The van der Waals surface area contributed by atoms with Crippen molar-refractivity contribution in [1.29, 1.82) is 0 Å². The van der Waals surface area contributed by atoms with Crippen LogP contribution in [0.25, 0.3) is 23.2 Å². The van der Waals surface area contributed by atoms with Gasteiger partial charge < -0.3 is 14.5 Å². The van der Waals surface area contributed by atoms with Crippen molar-refractivity contribution in [2.24, 2.45) is 0 Å². The number of ether oxygens (including phenoxy) is 1. The van der Waals surface area contributed by atoms with Crippen molar-refractivity contribution in [2.45, 2.75) is 26.2 Å². The predicted octanol–water partition coefficient (Wildman–Crippen LogP) is 3.96. The molecular formula is C27H27N5O4. The molecule has 1 N–H and O–H groups in total. The molecule has 0 atom stereocenters. The predicted molar refractivity (Wildman–Crippen MR) is 134 cm³/mol. The third kappa shape index (κ3) is 6.32. The van der Waals surface area contributed by atoms with Crippen LogP contribution < -0.4 is 5.32 Å². The van der Waals surface area contributed by atoms with Gasteiger partial charge in [-0.3, -0.25) is 4.79 Å². The summed E-state index contributed by atoms with van der Waals surface area (Å²) in [5, 5.41) is 14.5. The van der Waals surface area contributed by atoms with Crippen LogP contribution in [-0.2, 0) is 20.7 Å². The highest BCUT2D eigenvalue weighted by molar-refractivity contribution is 6.15. The fourth-order valence-corrected chi connectivity index (χ4v) is 3.50. The van der Waals surface area contributed by atoms with Crippen LogP contribution in [0.3, 0.4) is 0 Å². The van der Waals surface area contributed by atoms with E-state index in [9.17, 15) is 9.59 Å². The second-order valence-electron chi connectivity index (χ2n) is 8.40. The van der Waals surface area contributed by atoms with E-state index >= 15 is 0 Å². The second kappa shape index (κ2) is 11.7. The van der Waals surface area contributed by atoms with Crippen molar-refractivity contribution >= 4 is 23.6 Å². The molecule has 0 bridgehead atoms. The van der Waals surface area contributed by atoms with Crippen LogP contribution in [0.4, 0.5) is 0 Å². The van der Waals surface area contributed by atoms with Crippen LogP contribution in [0.5, 0.6) is 0 Å². The van der Waals surface area contributed by atoms with E-state index in [0.29, 0.717) is 36.0 Å². The van der Waals surface area contributed by atoms with Gasteiger partial charge in [-0.1, -0.05) is 68.4 Å². The number of nitrogens with one attached hydrogen (secondary N) is 1. The van der Waals surface area contributed by atoms with E-state index in [2.05, 4.69) is 59.0 Å². The first-order valence-corrected chi connectivity index (χ1v) is 11.6. The van der Waals surface area contributed by atoms with Gasteiger partial charge in [0.2, 0.25) is 0 Å². The number of benzene rings is 2. The first-order chi connectivity index (χ1) is 17.5. The normalized spacial score (nSPS) is 11.5. The monoisotopic (exact) mass is 485 g/mol. The van der Waals surface area contributed by atoms with Gasteiger partial charge in [-0.25, -0.2) is 4.79 Å². The van der Waals surface area contributed by atoms with Gasteiger partial charge in [-0.05, 0) is 46.0 Å². The Morgan fingerprint density at radius 2 is 1.83 bits per heavy atom. The van der Waals surface area contributed by atoms with Crippen molar-refractivity contribution in [3.05, 3.63) is 89.9 Å². The fourth-order valence-electron chi connectivity index (χ4n) is 3.50. The number of carbonyl (C=O) groups excluding carboxylic acids is 2. The lowest BCUT2D eigenvalue weighted by molar-refractivity contribution is -0.143. The van der Waals surface area contributed by atoms with E-state index < -0.39 is 18.5 Å². The van der Waals surface area contributed by atoms with E-state index in [1.54, 1.807) is 12.1 Å². The standard InChI is InChI=1S/C27H27N5O4/c1-19(2)21-12-10-20(11-13-21)14-15-28-25(33)18-36-27(34)24(17-23-9-6-16-35-23)32-26(29-30-31-32)22-7-4-3-5-8-22/h3-13,16-17,19H,14-15,18H2,1-2H3,(H,28,33)/b24-17-.